The van der Waals surface area contributed by atoms with Crippen molar-refractivity contribution in [2.45, 2.75) is 0 Å². The van der Waals surface area contributed by atoms with Gasteiger partial charge in [0.2, 0.25) is 0 Å². The molecule has 0 saturated heterocycles. The summed E-state index contributed by atoms with van der Waals surface area (Å²) in [6, 6.07) is 0. The minimum atomic E-state index is -0.188. The number of hydrogen-bond acceptors (Lipinski definition) is 1. The molecular weight excluding hydrogens is 198 g/mol. The van der Waals surface area contributed by atoms with Gasteiger partial charge in [-0.25, -0.2) is 0 Å². The Balaban J connectivity index is 4.46. The fraction of sp³-hybridized carbons (Fsp3) is 0.0714. The molecule has 0 aromatic carbocycles. The van der Waals surface area contributed by atoms with Crippen LogP contribution in [0.5, 0.6) is 0 Å². The molecule has 1 N–H and O–H groups in total. The Bertz CT molecular complexity index is 359. The van der Waals surface area contributed by atoms with Crippen LogP contribution in [-0.4, -0.2) is 12.5 Å². The van der Waals surface area contributed by atoms with Gasteiger partial charge in [-0.2, -0.15) is 0 Å². The molecule has 0 unspecified atom stereocenters. The maximum atomic E-state index is 11.6. The Morgan fingerprint density at radius 2 is 1.62 bits per heavy atom. The molecule has 0 saturated carbocycles. The fourth-order valence-corrected chi connectivity index (χ4v) is 0.998. The topological polar surface area (TPSA) is 29.1 Å². The Hall–Kier alpha value is -2.09. The van der Waals surface area contributed by atoms with Crippen molar-refractivity contribution < 1.29 is 4.79 Å². The highest BCUT2D eigenvalue weighted by Gasteiger charge is 2.03. The molecule has 0 aliphatic carbocycles. The summed E-state index contributed by atoms with van der Waals surface area (Å²) in [4.78, 5) is 11.6. The summed E-state index contributed by atoms with van der Waals surface area (Å²) in [7, 11) is 0. The van der Waals surface area contributed by atoms with Crippen LogP contribution >= 0.6 is 0 Å². The van der Waals surface area contributed by atoms with Crippen molar-refractivity contribution in [3.8, 4) is 0 Å². The lowest BCUT2D eigenvalue weighted by Gasteiger charge is -2.05. The molecule has 0 aliphatic rings. The van der Waals surface area contributed by atoms with Crippen molar-refractivity contribution in [1.29, 1.82) is 0 Å². The lowest BCUT2D eigenvalue weighted by atomic mass is 10.2. The van der Waals surface area contributed by atoms with Crippen LogP contribution in [0.2, 0.25) is 0 Å². The van der Waals surface area contributed by atoms with Gasteiger partial charge in [0, 0.05) is 12.1 Å². The predicted molar refractivity (Wildman–Crippen MR) is 70.0 cm³/mol. The van der Waals surface area contributed by atoms with Gasteiger partial charge < -0.3 is 5.32 Å². The highest BCUT2D eigenvalue weighted by atomic mass is 16.1. The maximum absolute atomic E-state index is 11.6. The molecule has 0 spiro atoms. The van der Waals surface area contributed by atoms with Crippen LogP contribution < -0.4 is 5.32 Å². The van der Waals surface area contributed by atoms with E-state index in [4.69, 9.17) is 0 Å². The lowest BCUT2D eigenvalue weighted by Crippen LogP contribution is -2.26. The summed E-state index contributed by atoms with van der Waals surface area (Å²) in [6.45, 7) is 14.7. The molecule has 0 heterocycles. The molecule has 0 atom stereocenters. The van der Waals surface area contributed by atoms with Gasteiger partial charge in [0.25, 0.3) is 5.91 Å². The molecule has 0 aromatic rings. The molecule has 84 valence electrons. The van der Waals surface area contributed by atoms with Gasteiger partial charge in [-0.05, 0) is 5.57 Å². The third-order valence-electron chi connectivity index (χ3n) is 1.83. The summed E-state index contributed by atoms with van der Waals surface area (Å²) in [5, 5.41) is 2.74. The molecule has 0 aromatic heterocycles. The summed E-state index contributed by atoms with van der Waals surface area (Å²) in [5.74, 6) is -0.188. The van der Waals surface area contributed by atoms with Gasteiger partial charge in [-0.3, -0.25) is 4.79 Å². The summed E-state index contributed by atoms with van der Waals surface area (Å²) < 4.78 is 0. The molecule has 0 radical (unpaired) electrons. The van der Waals surface area contributed by atoms with Gasteiger partial charge in [-0.1, -0.05) is 62.8 Å². The van der Waals surface area contributed by atoms with Crippen molar-refractivity contribution >= 4 is 5.91 Å². The molecule has 0 aliphatic heterocycles. The third kappa shape index (κ3) is 4.96. The average molecular weight is 215 g/mol. The van der Waals surface area contributed by atoms with E-state index in [1.807, 2.05) is 0 Å². The predicted octanol–water partition coefficient (Wildman–Crippen LogP) is 2.70. The van der Waals surface area contributed by atoms with E-state index in [0.717, 1.165) is 5.57 Å². The number of allylic oxidation sites excluding steroid dienone is 4. The van der Waals surface area contributed by atoms with Crippen molar-refractivity contribution in [2.75, 3.05) is 6.54 Å². The molecule has 0 bridgehead atoms. The highest BCUT2D eigenvalue weighted by molar-refractivity contribution is 5.96. The molecule has 16 heavy (non-hydrogen) atoms. The van der Waals surface area contributed by atoms with Gasteiger partial charge in [-0.15, -0.1) is 0 Å². The van der Waals surface area contributed by atoms with Crippen LogP contribution in [0.4, 0.5) is 0 Å². The minimum absolute atomic E-state index is 0.188. The first-order valence-electron chi connectivity index (χ1n) is 4.87. The van der Waals surface area contributed by atoms with E-state index in [-0.39, 0.29) is 5.91 Å². The number of hydrogen-bond donors (Lipinski definition) is 1. The highest BCUT2D eigenvalue weighted by Crippen LogP contribution is 1.98. The SMILES string of the molecule is C=C/C=C(\C=C)CNC(=O)/C(C=C)=C/C=C. The van der Waals surface area contributed by atoms with Crippen LogP contribution in [0.3, 0.4) is 0 Å². The number of rotatable bonds is 7. The maximum Gasteiger partial charge on any atom is 0.251 e. The molecule has 2 nitrogen and oxygen atoms in total. The second-order valence-corrected chi connectivity index (χ2v) is 2.93. The molecule has 2 heteroatoms. The zero-order valence-electron chi connectivity index (χ0n) is 9.41. The Morgan fingerprint density at radius 3 is 2.06 bits per heavy atom. The first-order chi connectivity index (χ1) is 7.69. The summed E-state index contributed by atoms with van der Waals surface area (Å²) in [6.07, 6.45) is 9.75. The van der Waals surface area contributed by atoms with E-state index in [1.165, 1.54) is 6.08 Å². The van der Waals surface area contributed by atoms with Gasteiger partial charge >= 0.3 is 0 Å². The number of carbonyl (C=O) groups is 1. The normalized spacial score (nSPS) is 11.5. The van der Waals surface area contributed by atoms with Crippen molar-refractivity contribution in [2.24, 2.45) is 0 Å². The van der Waals surface area contributed by atoms with Crippen LogP contribution in [-0.2, 0) is 4.79 Å². The van der Waals surface area contributed by atoms with Crippen LogP contribution in [0.25, 0.3) is 0 Å². The molecule has 0 rings (SSSR count). The molecule has 1 amide bonds. The van der Waals surface area contributed by atoms with E-state index < -0.39 is 0 Å². The van der Waals surface area contributed by atoms with Crippen LogP contribution in [0.15, 0.2) is 73.9 Å². The van der Waals surface area contributed by atoms with Gasteiger partial charge in [0.15, 0.2) is 0 Å². The van der Waals surface area contributed by atoms with E-state index in [1.54, 1.807) is 30.4 Å². The molecular formula is C14H17NO. The minimum Gasteiger partial charge on any atom is -0.348 e. The lowest BCUT2D eigenvalue weighted by molar-refractivity contribution is -0.117. The number of carbonyl (C=O) groups excluding carboxylic acids is 1. The zero-order valence-corrected chi connectivity index (χ0v) is 9.41. The first kappa shape index (κ1) is 13.9. The standard InChI is InChI=1S/C14H17NO/c1-5-9-12(7-3)11-15-14(16)13(8-4)10-6-2/h5-10H,1-4,11H2,(H,15,16)/b12-9+,13-10+. The average Bonchev–Trinajstić information content (AvgIpc) is 2.30. The second kappa shape index (κ2) is 8.24. The van der Waals surface area contributed by atoms with Crippen LogP contribution in [0, 0.1) is 0 Å². The zero-order chi connectivity index (χ0) is 12.4. The van der Waals surface area contributed by atoms with E-state index in [9.17, 15) is 4.79 Å². The monoisotopic (exact) mass is 215 g/mol. The van der Waals surface area contributed by atoms with Crippen LogP contribution in [0.1, 0.15) is 0 Å². The van der Waals surface area contributed by atoms with Crippen molar-refractivity contribution in [3.63, 3.8) is 0 Å². The van der Waals surface area contributed by atoms with Crippen molar-refractivity contribution in [1.82, 2.24) is 5.32 Å². The largest absolute Gasteiger partial charge is 0.348 e. The van der Waals surface area contributed by atoms with E-state index in [0.29, 0.717) is 12.1 Å². The van der Waals surface area contributed by atoms with E-state index in [2.05, 4.69) is 31.6 Å². The fourth-order valence-electron chi connectivity index (χ4n) is 0.998. The van der Waals surface area contributed by atoms with Gasteiger partial charge in [0.05, 0.1) is 0 Å². The Labute approximate surface area is 97.1 Å². The smallest absolute Gasteiger partial charge is 0.251 e. The Kier molecular flexibility index (Phi) is 7.16. The summed E-state index contributed by atoms with van der Waals surface area (Å²) in [5.41, 5.74) is 1.38. The third-order valence-corrected chi connectivity index (χ3v) is 1.83. The number of amides is 1. The quantitative estimate of drug-likeness (QED) is 0.513. The molecule has 0 fully saturated rings. The summed E-state index contributed by atoms with van der Waals surface area (Å²) >= 11 is 0. The first-order valence-corrected chi connectivity index (χ1v) is 4.87. The Morgan fingerprint density at radius 1 is 1.00 bits per heavy atom. The second-order valence-electron chi connectivity index (χ2n) is 2.93. The van der Waals surface area contributed by atoms with E-state index >= 15 is 0 Å². The van der Waals surface area contributed by atoms with Gasteiger partial charge in [0.1, 0.15) is 0 Å². The number of nitrogens with one attached hydrogen (secondary N) is 1. The van der Waals surface area contributed by atoms with Crippen molar-refractivity contribution in [3.05, 3.63) is 73.9 Å².